The monoisotopic (exact) mass is 550 g/mol. The van der Waals surface area contributed by atoms with Gasteiger partial charge in [-0.15, -0.1) is 0 Å². The number of hydrogen-bond acceptors (Lipinski definition) is 7. The van der Waals surface area contributed by atoms with Crippen molar-refractivity contribution in [2.45, 2.75) is 84.2 Å². The number of anilines is 1. The quantitative estimate of drug-likeness (QED) is 0.140. The molecule has 0 spiro atoms. The molecule has 1 aliphatic heterocycles. The minimum atomic E-state index is -0.594. The molecule has 0 saturated heterocycles. The van der Waals surface area contributed by atoms with Gasteiger partial charge in [-0.25, -0.2) is 4.79 Å². The van der Waals surface area contributed by atoms with Crippen LogP contribution in [0.4, 0.5) is 5.69 Å². The van der Waals surface area contributed by atoms with Crippen LogP contribution in [0.5, 0.6) is 5.75 Å². The Morgan fingerprint density at radius 3 is 2.50 bits per heavy atom. The maximum absolute atomic E-state index is 12.2. The highest BCUT2D eigenvalue weighted by molar-refractivity contribution is 6.02. The second-order valence-electron chi connectivity index (χ2n) is 11.6. The first-order valence-corrected chi connectivity index (χ1v) is 15.0. The number of carbonyl (C=O) groups is 1. The zero-order valence-corrected chi connectivity index (χ0v) is 24.7. The molecule has 1 aliphatic carbocycles. The second kappa shape index (κ2) is 14.0. The molecular formula is C33H46N2O5. The molecule has 1 saturated carbocycles. The van der Waals surface area contributed by atoms with Crippen LogP contribution < -0.4 is 9.64 Å². The molecule has 1 heterocycles. The first-order chi connectivity index (χ1) is 19.4. The van der Waals surface area contributed by atoms with E-state index < -0.39 is 6.10 Å². The van der Waals surface area contributed by atoms with Crippen molar-refractivity contribution in [3.8, 4) is 5.75 Å². The van der Waals surface area contributed by atoms with Gasteiger partial charge in [0.15, 0.2) is 6.10 Å². The Labute approximate surface area is 239 Å². The predicted octanol–water partition coefficient (Wildman–Crippen LogP) is 6.52. The van der Waals surface area contributed by atoms with Crippen LogP contribution in [0.25, 0.3) is 0 Å². The van der Waals surface area contributed by atoms with Gasteiger partial charge in [0.2, 0.25) is 0 Å². The highest BCUT2D eigenvalue weighted by Crippen LogP contribution is 2.41. The average Bonchev–Trinajstić information content (AvgIpc) is 2.96. The Morgan fingerprint density at radius 1 is 1.07 bits per heavy atom. The van der Waals surface area contributed by atoms with E-state index >= 15 is 0 Å². The number of hydrogen-bond donors (Lipinski definition) is 1. The molecule has 218 valence electrons. The summed E-state index contributed by atoms with van der Waals surface area (Å²) in [6.07, 6.45) is 6.81. The molecule has 0 bridgehead atoms. The van der Waals surface area contributed by atoms with E-state index in [2.05, 4.69) is 42.1 Å². The normalized spacial score (nSPS) is 18.2. The number of rotatable bonds is 12. The van der Waals surface area contributed by atoms with Crippen molar-refractivity contribution >= 4 is 17.4 Å². The van der Waals surface area contributed by atoms with Gasteiger partial charge < -0.3 is 24.3 Å². The Bertz CT molecular complexity index is 1140. The summed E-state index contributed by atoms with van der Waals surface area (Å²) in [6, 6.07) is 14.4. The van der Waals surface area contributed by atoms with E-state index in [1.165, 1.54) is 30.5 Å². The molecule has 1 N–H and O–H groups in total. The molecule has 4 rings (SSSR count). The molecule has 2 aromatic rings. The van der Waals surface area contributed by atoms with Crippen molar-refractivity contribution < 1.29 is 24.2 Å². The fourth-order valence-electron chi connectivity index (χ4n) is 6.02. The van der Waals surface area contributed by atoms with Crippen molar-refractivity contribution in [1.82, 2.24) is 0 Å². The molecule has 2 aliphatic rings. The maximum Gasteiger partial charge on any atom is 0.335 e. The Hall–Kier alpha value is -3.06. The van der Waals surface area contributed by atoms with E-state index in [4.69, 9.17) is 14.2 Å². The van der Waals surface area contributed by atoms with Crippen molar-refractivity contribution in [2.75, 3.05) is 37.8 Å². The largest absolute Gasteiger partial charge is 0.492 e. The molecule has 0 aromatic heterocycles. The number of benzene rings is 2. The van der Waals surface area contributed by atoms with Crippen LogP contribution in [-0.4, -0.2) is 55.9 Å². The van der Waals surface area contributed by atoms with Crippen molar-refractivity contribution in [3.05, 3.63) is 59.2 Å². The highest BCUT2D eigenvalue weighted by atomic mass is 16.6. The number of ether oxygens (including phenoxy) is 3. The average molecular weight is 551 g/mol. The van der Waals surface area contributed by atoms with Crippen LogP contribution >= 0.6 is 0 Å². The molecule has 40 heavy (non-hydrogen) atoms. The van der Waals surface area contributed by atoms with Crippen LogP contribution in [0.3, 0.4) is 0 Å². The fraction of sp³-hybridized carbons (Fsp3) is 0.576. The van der Waals surface area contributed by atoms with Crippen LogP contribution in [0, 0.1) is 5.92 Å². The third-order valence-corrected chi connectivity index (χ3v) is 8.36. The van der Waals surface area contributed by atoms with Gasteiger partial charge in [-0.2, -0.15) is 0 Å². The lowest BCUT2D eigenvalue weighted by Gasteiger charge is -2.40. The molecule has 7 nitrogen and oxygen atoms in total. The van der Waals surface area contributed by atoms with E-state index in [9.17, 15) is 10.0 Å². The number of carbonyl (C=O) groups excluding carboxylic acids is 1. The lowest BCUT2D eigenvalue weighted by Crippen LogP contribution is -2.39. The molecular weight excluding hydrogens is 504 g/mol. The lowest BCUT2D eigenvalue weighted by atomic mass is 9.75. The van der Waals surface area contributed by atoms with Crippen molar-refractivity contribution in [2.24, 2.45) is 11.1 Å². The fourth-order valence-corrected chi connectivity index (χ4v) is 6.02. The second-order valence-corrected chi connectivity index (χ2v) is 11.6. The summed E-state index contributed by atoms with van der Waals surface area (Å²) in [5.74, 6) is 0.822. The molecule has 1 atom stereocenters. The third kappa shape index (κ3) is 7.36. The van der Waals surface area contributed by atoms with Crippen LogP contribution in [-0.2, 0) is 26.1 Å². The van der Waals surface area contributed by atoms with Gasteiger partial charge in [-0.1, -0.05) is 56.5 Å². The zero-order valence-electron chi connectivity index (χ0n) is 24.7. The molecule has 1 fully saturated rings. The zero-order chi connectivity index (χ0) is 28.5. The predicted molar refractivity (Wildman–Crippen MR) is 159 cm³/mol. The van der Waals surface area contributed by atoms with Gasteiger partial charge in [0, 0.05) is 36.7 Å². The number of esters is 1. The Balaban J connectivity index is 1.38. The summed E-state index contributed by atoms with van der Waals surface area (Å²) in [6.45, 7) is 11.4. The topological polar surface area (TPSA) is 80.6 Å². The van der Waals surface area contributed by atoms with Gasteiger partial charge in [0.25, 0.3) is 0 Å². The smallest absolute Gasteiger partial charge is 0.335 e. The number of oxime groups is 1. The van der Waals surface area contributed by atoms with Crippen LogP contribution in [0.1, 0.15) is 82.9 Å². The van der Waals surface area contributed by atoms with Gasteiger partial charge in [-0.05, 0) is 73.9 Å². The minimum absolute atomic E-state index is 0.0502. The maximum atomic E-state index is 12.2. The van der Waals surface area contributed by atoms with E-state index in [-0.39, 0.29) is 11.4 Å². The van der Waals surface area contributed by atoms with E-state index in [1.807, 2.05) is 31.2 Å². The van der Waals surface area contributed by atoms with Gasteiger partial charge in [0.05, 0.1) is 18.9 Å². The number of fused-ring (bicyclic) bond motifs is 1. The Morgan fingerprint density at radius 2 is 1.82 bits per heavy atom. The first-order valence-electron chi connectivity index (χ1n) is 15.0. The molecule has 2 aromatic carbocycles. The first kappa shape index (κ1) is 29.9. The van der Waals surface area contributed by atoms with Crippen LogP contribution in [0.15, 0.2) is 47.6 Å². The molecule has 0 radical (unpaired) electrons. The van der Waals surface area contributed by atoms with Crippen molar-refractivity contribution in [3.63, 3.8) is 0 Å². The standard InChI is InChI=1S/C33H46N2O5/c1-5-38-30(32(36)39-6-2)22-24-12-15-27(16-13-24)40-21-20-35-19-18-33(3,4)28-23-26(14-17-29(28)35)31(34-37)25-10-8-7-9-11-25/h12-17,23,25,30,37H,5-11,18-22H2,1-4H3/t30-/m0/s1. The third-order valence-electron chi connectivity index (χ3n) is 8.36. The summed E-state index contributed by atoms with van der Waals surface area (Å²) in [5, 5.41) is 13.7. The number of nitrogens with zero attached hydrogens (tertiary/aromatic N) is 2. The summed E-state index contributed by atoms with van der Waals surface area (Å²) in [5.41, 5.74) is 5.49. The summed E-state index contributed by atoms with van der Waals surface area (Å²) in [4.78, 5) is 14.6. The van der Waals surface area contributed by atoms with Crippen molar-refractivity contribution in [1.29, 1.82) is 0 Å². The molecule has 0 unspecified atom stereocenters. The Kier molecular flexibility index (Phi) is 10.5. The minimum Gasteiger partial charge on any atom is -0.492 e. The van der Waals surface area contributed by atoms with Gasteiger partial charge in [0.1, 0.15) is 12.4 Å². The van der Waals surface area contributed by atoms with E-state index in [0.717, 1.165) is 54.9 Å². The van der Waals surface area contributed by atoms with E-state index in [0.29, 0.717) is 32.2 Å². The van der Waals surface area contributed by atoms with Gasteiger partial charge in [-0.3, -0.25) is 0 Å². The SMILES string of the molecule is CCOC(=O)[C@H](Cc1ccc(OCCN2CCC(C)(C)c3cc(C(=NO)C4CCCCC4)ccc32)cc1)OCC. The molecule has 0 amide bonds. The highest BCUT2D eigenvalue weighted by Gasteiger charge is 2.32. The summed E-state index contributed by atoms with van der Waals surface area (Å²) in [7, 11) is 0. The lowest BCUT2D eigenvalue weighted by molar-refractivity contribution is -0.156. The van der Waals surface area contributed by atoms with Crippen LogP contribution in [0.2, 0.25) is 0 Å². The van der Waals surface area contributed by atoms with E-state index in [1.54, 1.807) is 6.92 Å². The van der Waals surface area contributed by atoms with Gasteiger partial charge >= 0.3 is 5.97 Å². The molecule has 7 heteroatoms. The summed E-state index contributed by atoms with van der Waals surface area (Å²) < 4.78 is 16.8. The summed E-state index contributed by atoms with van der Waals surface area (Å²) >= 11 is 0.